The van der Waals surface area contributed by atoms with Crippen LogP contribution in [0.5, 0.6) is 0 Å². The predicted molar refractivity (Wildman–Crippen MR) is 93.6 cm³/mol. The van der Waals surface area contributed by atoms with Crippen LogP contribution in [0.2, 0.25) is 0 Å². The highest BCUT2D eigenvalue weighted by atomic mass is 16.3. The Balaban J connectivity index is 1.75. The molecule has 130 valence electrons. The Bertz CT molecular complexity index is 690. The number of aromatic amines is 1. The smallest absolute Gasteiger partial charge is 0.315 e. The summed E-state index contributed by atoms with van der Waals surface area (Å²) < 4.78 is 0. The number of urea groups is 1. The molecular weight excluding hydrogens is 304 g/mol. The van der Waals surface area contributed by atoms with Crippen molar-refractivity contribution in [1.29, 1.82) is 0 Å². The van der Waals surface area contributed by atoms with Crippen molar-refractivity contribution in [3.8, 4) is 0 Å². The molecule has 24 heavy (non-hydrogen) atoms. The molecule has 2 aromatic rings. The number of rotatable bonds is 6. The lowest BCUT2D eigenvalue weighted by molar-refractivity contribution is 0.153. The summed E-state index contributed by atoms with van der Waals surface area (Å²) >= 11 is 0. The first-order chi connectivity index (χ1) is 11.4. The van der Waals surface area contributed by atoms with E-state index in [1.807, 2.05) is 45.0 Å². The van der Waals surface area contributed by atoms with Crippen molar-refractivity contribution < 1.29 is 9.90 Å². The van der Waals surface area contributed by atoms with Crippen molar-refractivity contribution in [2.45, 2.75) is 45.2 Å². The summed E-state index contributed by atoms with van der Waals surface area (Å²) in [5, 5.41) is 15.6. The molecule has 4 N–H and O–H groups in total. The van der Waals surface area contributed by atoms with E-state index >= 15 is 0 Å². The molecule has 3 rings (SSSR count). The van der Waals surface area contributed by atoms with Gasteiger partial charge in [0, 0.05) is 0 Å². The zero-order valence-electron chi connectivity index (χ0n) is 14.5. The number of amides is 2. The molecule has 1 aliphatic carbocycles. The van der Waals surface area contributed by atoms with Crippen molar-refractivity contribution in [1.82, 2.24) is 20.6 Å². The summed E-state index contributed by atoms with van der Waals surface area (Å²) in [5.41, 5.74) is 1.29. The summed E-state index contributed by atoms with van der Waals surface area (Å²) in [6, 6.07) is 7.33. The first-order valence-corrected chi connectivity index (χ1v) is 8.57. The van der Waals surface area contributed by atoms with Gasteiger partial charge in [-0.25, -0.2) is 9.78 Å². The Kier molecular flexibility index (Phi) is 4.49. The van der Waals surface area contributed by atoms with Crippen molar-refractivity contribution in [3.05, 3.63) is 30.1 Å². The molecule has 1 heterocycles. The van der Waals surface area contributed by atoms with Gasteiger partial charge < -0.3 is 20.7 Å². The maximum absolute atomic E-state index is 12.5. The van der Waals surface area contributed by atoms with E-state index in [1.165, 1.54) is 0 Å². The molecule has 6 nitrogen and oxygen atoms in total. The van der Waals surface area contributed by atoms with Gasteiger partial charge in [0.05, 0.1) is 29.2 Å². The van der Waals surface area contributed by atoms with Crippen LogP contribution in [0.3, 0.4) is 0 Å². The molecule has 1 saturated carbocycles. The first kappa shape index (κ1) is 16.8. The van der Waals surface area contributed by atoms with Crippen LogP contribution in [0, 0.1) is 11.8 Å². The van der Waals surface area contributed by atoms with Crippen molar-refractivity contribution in [2.75, 3.05) is 6.61 Å². The molecule has 2 unspecified atom stereocenters. The lowest BCUT2D eigenvalue weighted by atomic mass is 9.97. The van der Waals surface area contributed by atoms with Crippen LogP contribution in [0.4, 0.5) is 4.79 Å². The molecule has 1 aromatic heterocycles. The number of nitrogens with one attached hydrogen (secondary N) is 3. The van der Waals surface area contributed by atoms with E-state index in [0.717, 1.165) is 29.7 Å². The second-order valence-corrected chi connectivity index (χ2v) is 7.31. The monoisotopic (exact) mass is 330 g/mol. The van der Waals surface area contributed by atoms with Crippen LogP contribution >= 0.6 is 0 Å². The number of aliphatic hydroxyl groups excluding tert-OH is 1. The van der Waals surface area contributed by atoms with Gasteiger partial charge in [0.25, 0.3) is 0 Å². The Morgan fingerprint density at radius 3 is 2.71 bits per heavy atom. The normalized spacial score (nSPS) is 18.4. The molecule has 0 bridgehead atoms. The number of para-hydroxylation sites is 2. The first-order valence-electron chi connectivity index (χ1n) is 8.57. The minimum atomic E-state index is -0.556. The number of hydrogen-bond acceptors (Lipinski definition) is 3. The molecule has 2 atom stereocenters. The molecule has 1 aromatic carbocycles. The average molecular weight is 330 g/mol. The number of hydrogen-bond donors (Lipinski definition) is 4. The third-order valence-corrected chi connectivity index (χ3v) is 4.86. The van der Waals surface area contributed by atoms with Gasteiger partial charge in [-0.3, -0.25) is 0 Å². The quantitative estimate of drug-likeness (QED) is 0.656. The second kappa shape index (κ2) is 6.43. The summed E-state index contributed by atoms with van der Waals surface area (Å²) in [5.74, 6) is 1.29. The van der Waals surface area contributed by atoms with E-state index in [4.69, 9.17) is 0 Å². The largest absolute Gasteiger partial charge is 0.394 e. The van der Waals surface area contributed by atoms with E-state index < -0.39 is 5.54 Å². The lowest BCUT2D eigenvalue weighted by Crippen LogP contribution is -2.55. The van der Waals surface area contributed by atoms with Gasteiger partial charge in [-0.15, -0.1) is 0 Å². The average Bonchev–Trinajstić information content (AvgIpc) is 3.32. The van der Waals surface area contributed by atoms with E-state index in [2.05, 4.69) is 20.6 Å². The fourth-order valence-corrected chi connectivity index (χ4v) is 3.10. The van der Waals surface area contributed by atoms with Crippen LogP contribution in [0.25, 0.3) is 11.0 Å². The summed E-state index contributed by atoms with van der Waals surface area (Å²) in [4.78, 5) is 20.4. The molecular formula is C18H26N4O2. The van der Waals surface area contributed by atoms with Gasteiger partial charge in [0.1, 0.15) is 5.82 Å². The fraction of sp³-hybridized carbons (Fsp3) is 0.556. The number of imidazole rings is 1. The number of H-pyrrole nitrogens is 1. The predicted octanol–water partition coefficient (Wildman–Crippen LogP) is 2.72. The van der Waals surface area contributed by atoms with Crippen LogP contribution < -0.4 is 10.6 Å². The number of aromatic nitrogens is 2. The Hall–Kier alpha value is -2.08. The highest BCUT2D eigenvalue weighted by molar-refractivity contribution is 5.77. The fourth-order valence-electron chi connectivity index (χ4n) is 3.10. The van der Waals surface area contributed by atoms with Gasteiger partial charge in [0.2, 0.25) is 0 Å². The lowest BCUT2D eigenvalue weighted by Gasteiger charge is -2.30. The number of carbonyl (C=O) groups excluding carboxylic acids is 1. The third kappa shape index (κ3) is 3.38. The van der Waals surface area contributed by atoms with Gasteiger partial charge in [-0.2, -0.15) is 0 Å². The molecule has 0 spiro atoms. The summed E-state index contributed by atoms with van der Waals surface area (Å²) in [6.45, 7) is 5.94. The van der Waals surface area contributed by atoms with Gasteiger partial charge in [0.15, 0.2) is 0 Å². The van der Waals surface area contributed by atoms with E-state index in [-0.39, 0.29) is 24.6 Å². The van der Waals surface area contributed by atoms with Crippen LogP contribution in [-0.2, 0) is 0 Å². The minimum Gasteiger partial charge on any atom is -0.394 e. The standard InChI is InChI=1S/C18H26N4O2/c1-11(2)15(16-19-13-6-4-5-7-14(13)20-16)21-17(24)22-18(3,10-23)12-8-9-12/h4-7,11-12,15,23H,8-10H2,1-3H3,(H,19,20)(H2,21,22,24). The number of aliphatic hydroxyl groups is 1. The maximum Gasteiger partial charge on any atom is 0.315 e. The molecule has 1 aliphatic rings. The highest BCUT2D eigenvalue weighted by Crippen LogP contribution is 2.39. The number of nitrogens with zero attached hydrogens (tertiary/aromatic N) is 1. The Morgan fingerprint density at radius 1 is 1.42 bits per heavy atom. The SMILES string of the molecule is CC(C)C(NC(=O)NC(C)(CO)C1CC1)c1nc2ccccc2[nH]1. The second-order valence-electron chi connectivity index (χ2n) is 7.31. The number of fused-ring (bicyclic) bond motifs is 1. The Labute approximate surface area is 142 Å². The van der Waals surface area contributed by atoms with Crippen molar-refractivity contribution in [3.63, 3.8) is 0 Å². The van der Waals surface area contributed by atoms with Gasteiger partial charge in [-0.1, -0.05) is 26.0 Å². The molecule has 0 saturated heterocycles. The molecule has 2 amide bonds. The van der Waals surface area contributed by atoms with E-state index in [1.54, 1.807) is 0 Å². The molecule has 0 radical (unpaired) electrons. The summed E-state index contributed by atoms with van der Waals surface area (Å²) in [6.07, 6.45) is 2.10. The zero-order valence-corrected chi connectivity index (χ0v) is 14.5. The van der Waals surface area contributed by atoms with Crippen molar-refractivity contribution >= 4 is 17.1 Å². The van der Waals surface area contributed by atoms with Gasteiger partial charge in [-0.05, 0) is 43.7 Å². The Morgan fingerprint density at radius 2 is 2.12 bits per heavy atom. The molecule has 1 fully saturated rings. The summed E-state index contributed by atoms with van der Waals surface area (Å²) in [7, 11) is 0. The maximum atomic E-state index is 12.5. The van der Waals surface area contributed by atoms with Crippen LogP contribution in [0.15, 0.2) is 24.3 Å². The van der Waals surface area contributed by atoms with E-state index in [0.29, 0.717) is 5.92 Å². The number of benzene rings is 1. The van der Waals surface area contributed by atoms with Crippen LogP contribution in [-0.4, -0.2) is 33.3 Å². The van der Waals surface area contributed by atoms with Crippen molar-refractivity contribution in [2.24, 2.45) is 11.8 Å². The third-order valence-electron chi connectivity index (χ3n) is 4.86. The number of carbonyl (C=O) groups is 1. The van der Waals surface area contributed by atoms with Gasteiger partial charge >= 0.3 is 6.03 Å². The topological polar surface area (TPSA) is 90.0 Å². The van der Waals surface area contributed by atoms with Crippen LogP contribution in [0.1, 0.15) is 45.5 Å². The molecule has 6 heteroatoms. The zero-order chi connectivity index (χ0) is 17.3. The molecule has 0 aliphatic heterocycles. The highest BCUT2D eigenvalue weighted by Gasteiger charge is 2.42. The van der Waals surface area contributed by atoms with E-state index in [9.17, 15) is 9.90 Å². The minimum absolute atomic E-state index is 0.0535.